The SMILES string of the molecule is CC(C)(C)OC(=O)CCC1CCc2cc(O)ccc2O1. The summed E-state index contributed by atoms with van der Waals surface area (Å²) in [6, 6.07) is 5.14. The number of ether oxygens (including phenoxy) is 2. The van der Waals surface area contributed by atoms with Crippen LogP contribution >= 0.6 is 0 Å². The highest BCUT2D eigenvalue weighted by molar-refractivity contribution is 5.69. The van der Waals surface area contributed by atoms with E-state index in [1.165, 1.54) is 0 Å². The third-order valence-corrected chi connectivity index (χ3v) is 3.16. The highest BCUT2D eigenvalue weighted by atomic mass is 16.6. The molecule has 1 unspecified atom stereocenters. The van der Waals surface area contributed by atoms with E-state index in [0.717, 1.165) is 24.2 Å². The van der Waals surface area contributed by atoms with Crippen LogP contribution in [0.25, 0.3) is 0 Å². The van der Waals surface area contributed by atoms with Gasteiger partial charge in [0.25, 0.3) is 0 Å². The summed E-state index contributed by atoms with van der Waals surface area (Å²) in [5, 5.41) is 9.42. The number of hydrogen-bond acceptors (Lipinski definition) is 4. The average molecular weight is 278 g/mol. The first-order valence-corrected chi connectivity index (χ1v) is 7.04. The fourth-order valence-corrected chi connectivity index (χ4v) is 2.31. The van der Waals surface area contributed by atoms with Crippen LogP contribution in [0.15, 0.2) is 18.2 Å². The molecule has 0 bridgehead atoms. The maximum Gasteiger partial charge on any atom is 0.306 e. The monoisotopic (exact) mass is 278 g/mol. The maximum atomic E-state index is 11.7. The molecule has 1 aliphatic heterocycles. The molecule has 4 nitrogen and oxygen atoms in total. The van der Waals surface area contributed by atoms with Crippen molar-refractivity contribution in [3.05, 3.63) is 23.8 Å². The standard InChI is InChI=1S/C16H22O4/c1-16(2,3)20-15(18)9-7-13-6-4-11-10-12(17)5-8-14(11)19-13/h5,8,10,13,17H,4,6-7,9H2,1-3H3. The quantitative estimate of drug-likeness (QED) is 0.863. The summed E-state index contributed by atoms with van der Waals surface area (Å²) in [5.74, 6) is 0.889. The van der Waals surface area contributed by atoms with Crippen LogP contribution in [0.4, 0.5) is 0 Å². The van der Waals surface area contributed by atoms with Gasteiger partial charge < -0.3 is 14.6 Å². The third kappa shape index (κ3) is 4.15. The lowest BCUT2D eigenvalue weighted by Gasteiger charge is -2.26. The number of esters is 1. The molecule has 110 valence electrons. The zero-order chi connectivity index (χ0) is 14.8. The van der Waals surface area contributed by atoms with Gasteiger partial charge in [0.15, 0.2) is 0 Å². The molecule has 1 heterocycles. The summed E-state index contributed by atoms with van der Waals surface area (Å²) in [7, 11) is 0. The highest BCUT2D eigenvalue weighted by Gasteiger charge is 2.22. The van der Waals surface area contributed by atoms with Gasteiger partial charge in [0.05, 0.1) is 6.10 Å². The van der Waals surface area contributed by atoms with E-state index < -0.39 is 5.60 Å². The second-order valence-corrected chi connectivity index (χ2v) is 6.20. The number of hydrogen-bond donors (Lipinski definition) is 1. The second-order valence-electron chi connectivity index (χ2n) is 6.20. The van der Waals surface area contributed by atoms with Crippen LogP contribution in [0.3, 0.4) is 0 Å². The van der Waals surface area contributed by atoms with Crippen LogP contribution < -0.4 is 4.74 Å². The lowest BCUT2D eigenvalue weighted by Crippen LogP contribution is -2.27. The molecule has 1 N–H and O–H groups in total. The summed E-state index contributed by atoms with van der Waals surface area (Å²) >= 11 is 0. The molecule has 4 heteroatoms. The summed E-state index contributed by atoms with van der Waals surface area (Å²) < 4.78 is 11.1. The van der Waals surface area contributed by atoms with Gasteiger partial charge in [-0.3, -0.25) is 4.79 Å². The van der Waals surface area contributed by atoms with E-state index in [9.17, 15) is 9.90 Å². The Morgan fingerprint density at radius 1 is 1.45 bits per heavy atom. The number of fused-ring (bicyclic) bond motifs is 1. The molecule has 0 aliphatic carbocycles. The van der Waals surface area contributed by atoms with Gasteiger partial charge in [0.2, 0.25) is 0 Å². The van der Waals surface area contributed by atoms with Gasteiger partial charge >= 0.3 is 5.97 Å². The Kier molecular flexibility index (Phi) is 4.21. The Bertz CT molecular complexity index is 488. The average Bonchev–Trinajstić information content (AvgIpc) is 2.34. The molecular formula is C16H22O4. The predicted octanol–water partition coefficient (Wildman–Crippen LogP) is 3.21. The number of rotatable bonds is 3. The van der Waals surface area contributed by atoms with Crippen molar-refractivity contribution in [3.8, 4) is 11.5 Å². The summed E-state index contributed by atoms with van der Waals surface area (Å²) in [6.07, 6.45) is 2.80. The number of phenols is 1. The zero-order valence-corrected chi connectivity index (χ0v) is 12.3. The second kappa shape index (κ2) is 5.73. The van der Waals surface area contributed by atoms with Crippen molar-refractivity contribution in [2.45, 2.75) is 58.2 Å². The van der Waals surface area contributed by atoms with Crippen LogP contribution in [0, 0.1) is 0 Å². The molecule has 1 aromatic rings. The van der Waals surface area contributed by atoms with Gasteiger partial charge in [-0.15, -0.1) is 0 Å². The molecule has 1 aromatic carbocycles. The Morgan fingerprint density at radius 3 is 2.90 bits per heavy atom. The molecule has 0 aromatic heterocycles. The van der Waals surface area contributed by atoms with Gasteiger partial charge in [-0.1, -0.05) is 0 Å². The van der Waals surface area contributed by atoms with Gasteiger partial charge in [-0.25, -0.2) is 0 Å². The van der Waals surface area contributed by atoms with Crippen LogP contribution in [0.1, 0.15) is 45.6 Å². The van der Waals surface area contributed by atoms with Crippen LogP contribution in [0.2, 0.25) is 0 Å². The molecule has 1 aliphatic rings. The van der Waals surface area contributed by atoms with Crippen LogP contribution in [0.5, 0.6) is 11.5 Å². The van der Waals surface area contributed by atoms with Gasteiger partial charge in [-0.2, -0.15) is 0 Å². The fraction of sp³-hybridized carbons (Fsp3) is 0.562. The van der Waals surface area contributed by atoms with Crippen molar-refractivity contribution < 1.29 is 19.4 Å². The largest absolute Gasteiger partial charge is 0.508 e. The predicted molar refractivity (Wildman–Crippen MR) is 75.9 cm³/mol. The highest BCUT2D eigenvalue weighted by Crippen LogP contribution is 2.31. The van der Waals surface area contributed by atoms with Crippen molar-refractivity contribution in [1.82, 2.24) is 0 Å². The first-order valence-electron chi connectivity index (χ1n) is 7.04. The summed E-state index contributed by atoms with van der Waals surface area (Å²) in [4.78, 5) is 11.7. The van der Waals surface area contributed by atoms with Crippen LogP contribution in [-0.4, -0.2) is 22.8 Å². The molecule has 0 fully saturated rings. The van der Waals surface area contributed by atoms with Crippen molar-refractivity contribution in [2.24, 2.45) is 0 Å². The third-order valence-electron chi connectivity index (χ3n) is 3.16. The Hall–Kier alpha value is -1.71. The number of aromatic hydroxyl groups is 1. The lowest BCUT2D eigenvalue weighted by atomic mass is 9.99. The van der Waals surface area contributed by atoms with Crippen molar-refractivity contribution in [1.29, 1.82) is 0 Å². The molecule has 0 radical (unpaired) electrons. The van der Waals surface area contributed by atoms with E-state index in [1.54, 1.807) is 18.2 Å². The molecule has 1 atom stereocenters. The van der Waals surface area contributed by atoms with E-state index in [4.69, 9.17) is 9.47 Å². The van der Waals surface area contributed by atoms with E-state index in [2.05, 4.69) is 0 Å². The van der Waals surface area contributed by atoms with Gasteiger partial charge in [0, 0.05) is 6.42 Å². The topological polar surface area (TPSA) is 55.8 Å². The van der Waals surface area contributed by atoms with Gasteiger partial charge in [0.1, 0.15) is 17.1 Å². The van der Waals surface area contributed by atoms with E-state index in [1.807, 2.05) is 20.8 Å². The van der Waals surface area contributed by atoms with Crippen molar-refractivity contribution >= 4 is 5.97 Å². The number of phenolic OH excluding ortho intramolecular Hbond substituents is 1. The summed E-state index contributed by atoms with van der Waals surface area (Å²) in [6.45, 7) is 5.60. The van der Waals surface area contributed by atoms with Crippen LogP contribution in [-0.2, 0) is 16.0 Å². The molecular weight excluding hydrogens is 256 g/mol. The first-order chi connectivity index (χ1) is 9.33. The normalized spacial score (nSPS) is 18.1. The smallest absolute Gasteiger partial charge is 0.306 e. The number of benzene rings is 1. The first kappa shape index (κ1) is 14.7. The Morgan fingerprint density at radius 2 is 2.20 bits per heavy atom. The minimum atomic E-state index is -0.436. The van der Waals surface area contributed by atoms with Crippen molar-refractivity contribution in [2.75, 3.05) is 0 Å². The minimum absolute atomic E-state index is 0.0413. The van der Waals surface area contributed by atoms with E-state index in [0.29, 0.717) is 12.8 Å². The minimum Gasteiger partial charge on any atom is -0.508 e. The maximum absolute atomic E-state index is 11.7. The van der Waals surface area contributed by atoms with Crippen molar-refractivity contribution in [3.63, 3.8) is 0 Å². The number of carbonyl (C=O) groups is 1. The molecule has 2 rings (SSSR count). The lowest BCUT2D eigenvalue weighted by molar-refractivity contribution is -0.155. The fourth-order valence-electron chi connectivity index (χ4n) is 2.31. The Balaban J connectivity index is 1.85. The summed E-state index contributed by atoms with van der Waals surface area (Å²) in [5.41, 5.74) is 0.591. The van der Waals surface area contributed by atoms with E-state index >= 15 is 0 Å². The molecule has 0 amide bonds. The number of aryl methyl sites for hydroxylation is 1. The Labute approximate surface area is 119 Å². The van der Waals surface area contributed by atoms with E-state index in [-0.39, 0.29) is 17.8 Å². The zero-order valence-electron chi connectivity index (χ0n) is 12.3. The number of carbonyl (C=O) groups excluding carboxylic acids is 1. The van der Waals surface area contributed by atoms with Gasteiger partial charge in [-0.05, 0) is 63.8 Å². The molecule has 0 spiro atoms. The molecule has 0 saturated carbocycles. The molecule has 20 heavy (non-hydrogen) atoms. The molecule has 0 saturated heterocycles.